The third-order valence-corrected chi connectivity index (χ3v) is 7.45. The average Bonchev–Trinajstić information content (AvgIpc) is 3.18. The molecule has 2 aromatic carbocycles. The maximum atomic E-state index is 13.2. The van der Waals surface area contributed by atoms with Gasteiger partial charge in [-0.05, 0) is 68.0 Å². The topological polar surface area (TPSA) is 66.9 Å². The number of carbonyl (C=O) groups is 1. The number of fused-ring (bicyclic) bond motifs is 1. The first-order chi connectivity index (χ1) is 14.0. The van der Waals surface area contributed by atoms with Crippen molar-refractivity contribution in [3.8, 4) is 5.75 Å². The fourth-order valence-electron chi connectivity index (χ4n) is 4.00. The van der Waals surface area contributed by atoms with Crippen molar-refractivity contribution in [2.45, 2.75) is 37.5 Å². The van der Waals surface area contributed by atoms with Crippen molar-refractivity contribution in [3.63, 3.8) is 0 Å². The minimum Gasteiger partial charge on any atom is -0.483 e. The summed E-state index contributed by atoms with van der Waals surface area (Å²) >= 11 is 0. The molecule has 0 aliphatic carbocycles. The van der Waals surface area contributed by atoms with Gasteiger partial charge in [0.05, 0.1) is 10.6 Å². The molecule has 0 unspecified atom stereocenters. The number of piperidine rings is 1. The zero-order valence-corrected chi connectivity index (χ0v) is 17.5. The van der Waals surface area contributed by atoms with Gasteiger partial charge in [-0.2, -0.15) is 0 Å². The molecule has 2 aliphatic heterocycles. The Balaban J connectivity index is 1.48. The minimum absolute atomic E-state index is 0.0190. The molecule has 1 fully saturated rings. The molecule has 2 aliphatic rings. The van der Waals surface area contributed by atoms with Crippen molar-refractivity contribution in [2.24, 2.45) is 0 Å². The Kier molecular flexibility index (Phi) is 5.50. The zero-order valence-electron chi connectivity index (χ0n) is 16.6. The van der Waals surface area contributed by atoms with Crippen LogP contribution in [0, 0.1) is 6.92 Å². The molecule has 7 heteroatoms. The predicted molar refractivity (Wildman–Crippen MR) is 112 cm³/mol. The Hall–Kier alpha value is -2.54. The monoisotopic (exact) mass is 414 g/mol. The maximum absolute atomic E-state index is 13.2. The molecule has 0 radical (unpaired) electrons. The lowest BCUT2D eigenvalue weighted by molar-refractivity contribution is -0.134. The zero-order chi connectivity index (χ0) is 20.4. The number of hydrogen-bond acceptors (Lipinski definition) is 4. The summed E-state index contributed by atoms with van der Waals surface area (Å²) in [5.74, 6) is 0.519. The van der Waals surface area contributed by atoms with E-state index in [0.29, 0.717) is 24.3 Å². The number of anilines is 1. The normalized spacial score (nSPS) is 16.6. The third-order valence-electron chi connectivity index (χ3n) is 5.64. The van der Waals surface area contributed by atoms with E-state index in [1.54, 1.807) is 25.1 Å². The van der Waals surface area contributed by atoms with E-state index >= 15 is 0 Å². The van der Waals surface area contributed by atoms with E-state index in [1.807, 2.05) is 29.2 Å². The van der Waals surface area contributed by atoms with Crippen molar-refractivity contribution < 1.29 is 17.9 Å². The van der Waals surface area contributed by atoms with E-state index in [-0.39, 0.29) is 17.4 Å². The Bertz CT molecular complexity index is 1010. The van der Waals surface area contributed by atoms with Crippen LogP contribution in [0.3, 0.4) is 0 Å². The average molecular weight is 415 g/mol. The third kappa shape index (κ3) is 3.96. The van der Waals surface area contributed by atoms with Crippen molar-refractivity contribution >= 4 is 21.6 Å². The molecule has 4 rings (SSSR count). The molecule has 6 nitrogen and oxygen atoms in total. The van der Waals surface area contributed by atoms with Crippen molar-refractivity contribution in [3.05, 3.63) is 53.6 Å². The van der Waals surface area contributed by atoms with Crippen LogP contribution in [0.5, 0.6) is 5.75 Å². The highest BCUT2D eigenvalue weighted by molar-refractivity contribution is 7.92. The first-order valence-corrected chi connectivity index (χ1v) is 11.5. The Morgan fingerprint density at radius 3 is 2.55 bits per heavy atom. The second-order valence-electron chi connectivity index (χ2n) is 7.61. The number of aryl methyl sites for hydroxylation is 1. The van der Waals surface area contributed by atoms with Crippen LogP contribution in [-0.4, -0.2) is 45.5 Å². The molecule has 1 saturated heterocycles. The lowest BCUT2D eigenvalue weighted by atomic mass is 10.1. The molecule has 0 aromatic heterocycles. The summed E-state index contributed by atoms with van der Waals surface area (Å²) in [6.45, 7) is 3.80. The highest BCUT2D eigenvalue weighted by atomic mass is 32.2. The Morgan fingerprint density at radius 1 is 1.03 bits per heavy atom. The standard InChI is InChI=1S/C22H26N2O4S/c1-17-15-19(29(26,27)24-14-11-18-7-3-4-8-20(18)24)9-10-21(17)28-16-22(25)23-12-5-2-6-13-23/h3-4,7-10,15H,2,5-6,11-14,16H2,1H3. The van der Waals surface area contributed by atoms with Crippen LogP contribution >= 0.6 is 0 Å². The summed E-state index contributed by atoms with van der Waals surface area (Å²) in [5.41, 5.74) is 2.49. The van der Waals surface area contributed by atoms with Crippen molar-refractivity contribution in [2.75, 3.05) is 30.5 Å². The summed E-state index contributed by atoms with van der Waals surface area (Å²) in [6, 6.07) is 12.4. The van der Waals surface area contributed by atoms with Crippen molar-refractivity contribution in [1.82, 2.24) is 4.90 Å². The number of sulfonamides is 1. The van der Waals surface area contributed by atoms with Gasteiger partial charge in [-0.1, -0.05) is 18.2 Å². The van der Waals surface area contributed by atoms with Gasteiger partial charge in [-0.3, -0.25) is 9.10 Å². The molecule has 2 heterocycles. The molecule has 0 saturated carbocycles. The summed E-state index contributed by atoms with van der Waals surface area (Å²) in [7, 11) is -3.64. The van der Waals surface area contributed by atoms with Gasteiger partial charge in [0, 0.05) is 19.6 Å². The second-order valence-corrected chi connectivity index (χ2v) is 9.48. The summed E-state index contributed by atoms with van der Waals surface area (Å²) in [6.07, 6.45) is 3.96. The first-order valence-electron chi connectivity index (χ1n) is 10.1. The van der Waals surface area contributed by atoms with E-state index < -0.39 is 10.0 Å². The smallest absolute Gasteiger partial charge is 0.264 e. The predicted octanol–water partition coefficient (Wildman–Crippen LogP) is 3.14. The second kappa shape index (κ2) is 8.06. The molecule has 1 amide bonds. The maximum Gasteiger partial charge on any atom is 0.264 e. The quantitative estimate of drug-likeness (QED) is 0.754. The van der Waals surface area contributed by atoms with Crippen LogP contribution in [0.2, 0.25) is 0 Å². The van der Waals surface area contributed by atoms with Crippen LogP contribution in [0.4, 0.5) is 5.69 Å². The van der Waals surface area contributed by atoms with E-state index in [0.717, 1.165) is 37.2 Å². The number of hydrogen-bond donors (Lipinski definition) is 0. The van der Waals surface area contributed by atoms with Crippen molar-refractivity contribution in [1.29, 1.82) is 0 Å². The SMILES string of the molecule is Cc1cc(S(=O)(=O)N2CCc3ccccc32)ccc1OCC(=O)N1CCCCC1. The van der Waals surface area contributed by atoms with Crippen LogP contribution in [-0.2, 0) is 21.2 Å². The highest BCUT2D eigenvalue weighted by Crippen LogP contribution is 2.33. The summed E-state index contributed by atoms with van der Waals surface area (Å²) in [4.78, 5) is 14.4. The van der Waals surface area contributed by atoms with Gasteiger partial charge >= 0.3 is 0 Å². The van der Waals surface area contributed by atoms with Gasteiger partial charge in [0.25, 0.3) is 15.9 Å². The number of para-hydroxylation sites is 1. The lowest BCUT2D eigenvalue weighted by Gasteiger charge is -2.26. The van der Waals surface area contributed by atoms with E-state index in [4.69, 9.17) is 4.74 Å². The number of benzene rings is 2. The highest BCUT2D eigenvalue weighted by Gasteiger charge is 2.31. The molecular weight excluding hydrogens is 388 g/mol. The van der Waals surface area contributed by atoms with Gasteiger partial charge in [-0.15, -0.1) is 0 Å². The minimum atomic E-state index is -3.64. The van der Waals surface area contributed by atoms with Gasteiger partial charge in [-0.25, -0.2) is 8.42 Å². The molecule has 0 N–H and O–H groups in total. The Morgan fingerprint density at radius 2 is 1.79 bits per heavy atom. The van der Waals surface area contributed by atoms with E-state index in [9.17, 15) is 13.2 Å². The van der Waals surface area contributed by atoms with E-state index in [1.165, 1.54) is 10.7 Å². The van der Waals surface area contributed by atoms with Gasteiger partial charge < -0.3 is 9.64 Å². The van der Waals surface area contributed by atoms with Gasteiger partial charge in [0.15, 0.2) is 6.61 Å². The van der Waals surface area contributed by atoms with E-state index in [2.05, 4.69) is 0 Å². The molecular formula is C22H26N2O4S. The number of nitrogens with zero attached hydrogens (tertiary/aromatic N) is 2. The van der Waals surface area contributed by atoms with Crippen LogP contribution < -0.4 is 9.04 Å². The Labute approximate surface area is 172 Å². The van der Waals surface area contributed by atoms with Gasteiger partial charge in [0.1, 0.15) is 5.75 Å². The molecule has 0 atom stereocenters. The number of amides is 1. The van der Waals surface area contributed by atoms with Gasteiger partial charge in [0.2, 0.25) is 0 Å². The van der Waals surface area contributed by atoms with Crippen LogP contribution in [0.15, 0.2) is 47.4 Å². The lowest BCUT2D eigenvalue weighted by Crippen LogP contribution is -2.38. The largest absolute Gasteiger partial charge is 0.483 e. The first kappa shape index (κ1) is 19.8. The molecule has 0 spiro atoms. The molecule has 154 valence electrons. The summed E-state index contributed by atoms with van der Waals surface area (Å²) < 4.78 is 33.5. The number of ether oxygens (including phenoxy) is 1. The van der Waals surface area contributed by atoms with Crippen LogP contribution in [0.1, 0.15) is 30.4 Å². The number of likely N-dealkylation sites (tertiary alicyclic amines) is 1. The van der Waals surface area contributed by atoms with Crippen LogP contribution in [0.25, 0.3) is 0 Å². The molecule has 0 bridgehead atoms. The fraction of sp³-hybridized carbons (Fsp3) is 0.409. The molecule has 29 heavy (non-hydrogen) atoms. The summed E-state index contributed by atoms with van der Waals surface area (Å²) in [5, 5.41) is 0. The molecule has 2 aromatic rings. The number of carbonyl (C=O) groups excluding carboxylic acids is 1. The number of rotatable bonds is 5. The fourth-order valence-corrected chi connectivity index (χ4v) is 5.59.